The third-order valence-electron chi connectivity index (χ3n) is 4.73. The number of rotatable bonds is 1. The van der Waals surface area contributed by atoms with Gasteiger partial charge in [0, 0.05) is 15.3 Å². The molecule has 0 unspecified atom stereocenters. The van der Waals surface area contributed by atoms with Crippen LogP contribution >= 0.6 is 23.1 Å². The molecule has 0 saturated heterocycles. The first-order valence-electron chi connectivity index (χ1n) is 8.41. The van der Waals surface area contributed by atoms with E-state index in [0.717, 1.165) is 17.0 Å². The Labute approximate surface area is 155 Å². The summed E-state index contributed by atoms with van der Waals surface area (Å²) in [6.07, 6.45) is 0. The highest BCUT2D eigenvalue weighted by Crippen LogP contribution is 2.51. The van der Waals surface area contributed by atoms with Crippen molar-refractivity contribution in [3.63, 3.8) is 0 Å². The van der Waals surface area contributed by atoms with Gasteiger partial charge in [-0.25, -0.2) is 0 Å². The predicted octanol–water partition coefficient (Wildman–Crippen LogP) is 6.03. The molecule has 2 aliphatic rings. The summed E-state index contributed by atoms with van der Waals surface area (Å²) in [6, 6.07) is 19.2. The van der Waals surface area contributed by atoms with Gasteiger partial charge in [-0.2, -0.15) is 0 Å². The van der Waals surface area contributed by atoms with Gasteiger partial charge in [-0.05, 0) is 42.6 Å². The number of hydrogen-bond donors (Lipinski definition) is 0. The quantitative estimate of drug-likeness (QED) is 0.526. The van der Waals surface area contributed by atoms with Crippen LogP contribution in [0.25, 0.3) is 0 Å². The first kappa shape index (κ1) is 15.2. The Balaban J connectivity index is 1.73. The molecule has 0 amide bonds. The second kappa shape index (κ2) is 6.04. The highest BCUT2D eigenvalue weighted by atomic mass is 32.2. The lowest BCUT2D eigenvalue weighted by molar-refractivity contribution is 0.272. The second-order valence-corrected chi connectivity index (χ2v) is 8.60. The molecule has 2 aliphatic heterocycles. The van der Waals surface area contributed by atoms with Crippen LogP contribution in [0.5, 0.6) is 5.75 Å². The molecule has 2 atom stereocenters. The van der Waals surface area contributed by atoms with Crippen molar-refractivity contribution in [3.8, 4) is 5.75 Å². The lowest BCUT2D eigenvalue weighted by Gasteiger charge is -2.31. The molecule has 2 aromatic carbocycles. The zero-order chi connectivity index (χ0) is 16.8. The number of thiophene rings is 1. The fourth-order valence-corrected chi connectivity index (χ4v) is 5.82. The number of aliphatic imine (C=N–C) groups is 1. The van der Waals surface area contributed by atoms with Crippen molar-refractivity contribution in [2.24, 2.45) is 10.9 Å². The minimum Gasteiger partial charge on any atom is -0.492 e. The topological polar surface area (TPSA) is 21.6 Å². The summed E-state index contributed by atoms with van der Waals surface area (Å²) in [7, 11) is 0. The molecule has 0 spiro atoms. The van der Waals surface area contributed by atoms with Crippen LogP contribution in [0, 0.1) is 12.8 Å². The van der Waals surface area contributed by atoms with Gasteiger partial charge < -0.3 is 4.74 Å². The Morgan fingerprint density at radius 1 is 1.08 bits per heavy atom. The van der Waals surface area contributed by atoms with E-state index in [-0.39, 0.29) is 5.92 Å². The van der Waals surface area contributed by atoms with Crippen molar-refractivity contribution < 1.29 is 4.74 Å². The van der Waals surface area contributed by atoms with E-state index in [2.05, 4.69) is 66.9 Å². The van der Waals surface area contributed by atoms with Gasteiger partial charge in [-0.1, -0.05) is 29.8 Å². The van der Waals surface area contributed by atoms with Gasteiger partial charge in [-0.15, -0.1) is 23.1 Å². The maximum Gasteiger partial charge on any atom is 0.128 e. The van der Waals surface area contributed by atoms with Gasteiger partial charge in [0.1, 0.15) is 5.75 Å². The van der Waals surface area contributed by atoms with Crippen LogP contribution < -0.4 is 4.74 Å². The Morgan fingerprint density at radius 2 is 2.00 bits per heavy atom. The largest absolute Gasteiger partial charge is 0.492 e. The lowest BCUT2D eigenvalue weighted by Crippen LogP contribution is -2.31. The van der Waals surface area contributed by atoms with Gasteiger partial charge in [0.2, 0.25) is 0 Å². The fraction of sp³-hybridized carbons (Fsp3) is 0.190. The minimum absolute atomic E-state index is 0.255. The van der Waals surface area contributed by atoms with E-state index in [1.165, 1.54) is 21.0 Å². The standard InChI is InChI=1S/C21H17NOS2/c1-13-8-9-17-14(11-13)20-15(12-23-17)21(19-7-4-10-24-19)25-18-6-3-2-5-16(18)22-20/h2-11,15,21H,12H2,1H3/t15-,21-/m0/s1. The maximum absolute atomic E-state index is 6.14. The molecule has 25 heavy (non-hydrogen) atoms. The average Bonchev–Trinajstić information content (AvgIpc) is 3.10. The number of para-hydroxylation sites is 1. The Kier molecular flexibility index (Phi) is 3.68. The van der Waals surface area contributed by atoms with E-state index < -0.39 is 0 Å². The SMILES string of the molecule is Cc1ccc2c(c1)C1=Nc3ccccc3S[C@H](c3cccs3)[C@H]1CO2. The van der Waals surface area contributed by atoms with Gasteiger partial charge >= 0.3 is 0 Å². The molecule has 5 rings (SSSR count). The van der Waals surface area contributed by atoms with E-state index in [9.17, 15) is 0 Å². The van der Waals surface area contributed by atoms with Gasteiger partial charge in [0.15, 0.2) is 0 Å². The van der Waals surface area contributed by atoms with Crippen LogP contribution in [0.15, 0.2) is 69.9 Å². The summed E-state index contributed by atoms with van der Waals surface area (Å²) >= 11 is 3.74. The van der Waals surface area contributed by atoms with Crippen molar-refractivity contribution >= 4 is 34.5 Å². The number of fused-ring (bicyclic) bond motifs is 4. The molecule has 124 valence electrons. The van der Waals surface area contributed by atoms with Crippen LogP contribution in [0.2, 0.25) is 0 Å². The molecule has 0 fully saturated rings. The van der Waals surface area contributed by atoms with Crippen molar-refractivity contribution in [1.82, 2.24) is 0 Å². The molecule has 0 N–H and O–H groups in total. The first-order valence-corrected chi connectivity index (χ1v) is 10.2. The third-order valence-corrected chi connectivity index (χ3v) is 7.27. The Bertz CT molecular complexity index is 962. The van der Waals surface area contributed by atoms with Crippen LogP contribution in [-0.2, 0) is 0 Å². The molecule has 0 radical (unpaired) electrons. The predicted molar refractivity (Wildman–Crippen MR) is 106 cm³/mol. The zero-order valence-electron chi connectivity index (χ0n) is 13.8. The summed E-state index contributed by atoms with van der Waals surface area (Å²) in [5.74, 6) is 1.21. The molecular weight excluding hydrogens is 346 g/mol. The molecule has 3 aromatic rings. The van der Waals surface area contributed by atoms with Crippen molar-refractivity contribution in [2.45, 2.75) is 17.1 Å². The van der Waals surface area contributed by atoms with Gasteiger partial charge in [0.25, 0.3) is 0 Å². The highest BCUT2D eigenvalue weighted by Gasteiger charge is 2.37. The van der Waals surface area contributed by atoms with E-state index >= 15 is 0 Å². The first-order chi connectivity index (χ1) is 12.3. The van der Waals surface area contributed by atoms with Crippen LogP contribution in [0.1, 0.15) is 21.3 Å². The van der Waals surface area contributed by atoms with Crippen LogP contribution in [-0.4, -0.2) is 12.3 Å². The van der Waals surface area contributed by atoms with Gasteiger partial charge in [0.05, 0.1) is 29.2 Å². The average molecular weight is 364 g/mol. The van der Waals surface area contributed by atoms with Gasteiger partial charge in [-0.3, -0.25) is 4.99 Å². The zero-order valence-corrected chi connectivity index (χ0v) is 15.4. The summed E-state index contributed by atoms with van der Waals surface area (Å²) < 4.78 is 6.14. The smallest absolute Gasteiger partial charge is 0.128 e. The van der Waals surface area contributed by atoms with Crippen molar-refractivity contribution in [1.29, 1.82) is 0 Å². The normalized spacial score (nSPS) is 21.2. The summed E-state index contributed by atoms with van der Waals surface area (Å²) in [5, 5.41) is 2.49. The summed E-state index contributed by atoms with van der Waals surface area (Å²) in [4.78, 5) is 7.76. The number of benzene rings is 2. The Morgan fingerprint density at radius 3 is 2.88 bits per heavy atom. The number of ether oxygens (including phenoxy) is 1. The third kappa shape index (κ3) is 2.60. The summed E-state index contributed by atoms with van der Waals surface area (Å²) in [5.41, 5.74) is 4.63. The lowest BCUT2D eigenvalue weighted by atomic mass is 9.89. The maximum atomic E-state index is 6.14. The minimum atomic E-state index is 0.255. The van der Waals surface area contributed by atoms with Crippen LogP contribution in [0.4, 0.5) is 5.69 Å². The number of aryl methyl sites for hydroxylation is 1. The monoisotopic (exact) mass is 363 g/mol. The fourth-order valence-electron chi connectivity index (χ4n) is 3.51. The molecule has 0 bridgehead atoms. The number of nitrogens with zero attached hydrogens (tertiary/aromatic N) is 1. The van der Waals surface area contributed by atoms with E-state index in [4.69, 9.17) is 9.73 Å². The molecule has 1 aromatic heterocycles. The number of hydrogen-bond acceptors (Lipinski definition) is 4. The second-order valence-electron chi connectivity index (χ2n) is 6.44. The molecular formula is C21H17NOS2. The van der Waals surface area contributed by atoms with Crippen molar-refractivity contribution in [3.05, 3.63) is 76.0 Å². The van der Waals surface area contributed by atoms with E-state index in [0.29, 0.717) is 11.9 Å². The molecule has 0 aliphatic carbocycles. The van der Waals surface area contributed by atoms with E-state index in [1.54, 1.807) is 0 Å². The molecule has 3 heterocycles. The summed E-state index contributed by atoms with van der Waals surface area (Å²) in [6.45, 7) is 2.80. The number of thioether (sulfide) groups is 1. The molecule has 2 nitrogen and oxygen atoms in total. The van der Waals surface area contributed by atoms with Crippen molar-refractivity contribution in [2.75, 3.05) is 6.61 Å². The molecule has 0 saturated carbocycles. The molecule has 4 heteroatoms. The Hall–Kier alpha value is -2.04. The van der Waals surface area contributed by atoms with E-state index in [1.807, 2.05) is 23.1 Å². The highest BCUT2D eigenvalue weighted by molar-refractivity contribution is 7.99. The van der Waals surface area contributed by atoms with Crippen LogP contribution in [0.3, 0.4) is 0 Å².